The van der Waals surface area contributed by atoms with Gasteiger partial charge in [-0.3, -0.25) is 0 Å². The molecule has 0 aliphatic rings. The van der Waals surface area contributed by atoms with Crippen molar-refractivity contribution in [2.45, 2.75) is 6.54 Å². The summed E-state index contributed by atoms with van der Waals surface area (Å²) in [5.74, 6) is 0.884. The molecule has 0 aromatic carbocycles. The van der Waals surface area contributed by atoms with Crippen molar-refractivity contribution in [3.05, 3.63) is 36.5 Å². The molecule has 0 atom stereocenters. The van der Waals surface area contributed by atoms with E-state index in [-0.39, 0.29) is 0 Å². The third-order valence-electron chi connectivity index (χ3n) is 2.63. The molecule has 3 rings (SSSR count). The molecule has 4 N–H and O–H groups in total. The molecule has 0 radical (unpaired) electrons. The molecule has 18 heavy (non-hydrogen) atoms. The van der Waals surface area contributed by atoms with Gasteiger partial charge in [-0.2, -0.15) is 0 Å². The number of nitrogens with zero attached hydrogens (tertiary/aromatic N) is 5. The summed E-state index contributed by atoms with van der Waals surface area (Å²) in [6.45, 7) is 0.611. The van der Waals surface area contributed by atoms with Gasteiger partial charge in [-0.1, -0.05) is 6.07 Å². The van der Waals surface area contributed by atoms with Gasteiger partial charge >= 0.3 is 0 Å². The Balaban J connectivity index is 2.00. The zero-order valence-electron chi connectivity index (χ0n) is 9.48. The monoisotopic (exact) mass is 241 g/mol. The van der Waals surface area contributed by atoms with Crippen LogP contribution in [-0.2, 0) is 6.54 Å². The maximum Gasteiger partial charge on any atom is 0.165 e. The van der Waals surface area contributed by atoms with Crippen LogP contribution >= 0.6 is 0 Å². The van der Waals surface area contributed by atoms with Gasteiger partial charge in [-0.25, -0.2) is 19.9 Å². The standard InChI is InChI=1S/C11H11N7/c12-8-2-1-7(3-14-8)4-18-6-17-9-10(13)15-5-16-11(9)18/h1-3,5-6H,4H2,(H2,12,14)(H2,13,15,16). The van der Waals surface area contributed by atoms with Crippen LogP contribution in [0.3, 0.4) is 0 Å². The molecule has 0 aliphatic heterocycles. The molecule has 0 unspecified atom stereocenters. The molecule has 0 aliphatic carbocycles. The van der Waals surface area contributed by atoms with Crippen molar-refractivity contribution in [2.24, 2.45) is 0 Å². The summed E-state index contributed by atoms with van der Waals surface area (Å²) in [5.41, 5.74) is 13.6. The maximum absolute atomic E-state index is 5.73. The predicted molar refractivity (Wildman–Crippen MR) is 67.5 cm³/mol. The number of rotatable bonds is 2. The quantitative estimate of drug-likeness (QED) is 0.673. The summed E-state index contributed by atoms with van der Waals surface area (Å²) in [6, 6.07) is 3.68. The third kappa shape index (κ3) is 1.71. The molecule has 3 heterocycles. The molecule has 0 bridgehead atoms. The highest BCUT2D eigenvalue weighted by atomic mass is 15.1. The molecule has 90 valence electrons. The van der Waals surface area contributed by atoms with Crippen molar-refractivity contribution >= 4 is 22.8 Å². The molecule has 3 aromatic heterocycles. The Bertz CT molecular complexity index is 686. The Kier molecular flexibility index (Phi) is 2.30. The smallest absolute Gasteiger partial charge is 0.165 e. The van der Waals surface area contributed by atoms with Gasteiger partial charge in [-0.05, 0) is 11.6 Å². The highest BCUT2D eigenvalue weighted by molar-refractivity contribution is 5.81. The first-order valence-electron chi connectivity index (χ1n) is 5.36. The van der Waals surface area contributed by atoms with Crippen molar-refractivity contribution in [1.29, 1.82) is 0 Å². The maximum atomic E-state index is 5.73. The number of nitrogens with two attached hydrogens (primary N) is 2. The number of imidazole rings is 1. The number of nitrogen functional groups attached to an aromatic ring is 2. The van der Waals surface area contributed by atoms with E-state index >= 15 is 0 Å². The largest absolute Gasteiger partial charge is 0.384 e. The van der Waals surface area contributed by atoms with Gasteiger partial charge in [0.05, 0.1) is 12.9 Å². The molecule has 0 fully saturated rings. The fourth-order valence-corrected chi connectivity index (χ4v) is 1.74. The molecular formula is C11H11N7. The number of anilines is 2. The lowest BCUT2D eigenvalue weighted by atomic mass is 10.3. The summed E-state index contributed by atoms with van der Waals surface area (Å²) in [7, 11) is 0. The van der Waals surface area contributed by atoms with Gasteiger partial charge < -0.3 is 16.0 Å². The summed E-state index contributed by atoms with van der Waals surface area (Å²) in [6.07, 6.45) is 4.84. The van der Waals surface area contributed by atoms with Gasteiger partial charge in [0.15, 0.2) is 11.5 Å². The van der Waals surface area contributed by atoms with Crippen LogP contribution in [-0.4, -0.2) is 24.5 Å². The van der Waals surface area contributed by atoms with Gasteiger partial charge in [0.25, 0.3) is 0 Å². The Morgan fingerprint density at radius 2 is 1.94 bits per heavy atom. The molecule has 0 amide bonds. The first-order chi connectivity index (χ1) is 8.74. The summed E-state index contributed by atoms with van der Waals surface area (Å²) < 4.78 is 1.89. The van der Waals surface area contributed by atoms with Crippen LogP contribution in [0.1, 0.15) is 5.56 Å². The van der Waals surface area contributed by atoms with Crippen molar-refractivity contribution in [2.75, 3.05) is 11.5 Å². The fourth-order valence-electron chi connectivity index (χ4n) is 1.74. The van der Waals surface area contributed by atoms with E-state index < -0.39 is 0 Å². The van der Waals surface area contributed by atoms with Crippen LogP contribution in [0, 0.1) is 0 Å². The van der Waals surface area contributed by atoms with E-state index in [1.807, 2.05) is 10.6 Å². The number of hydrogen-bond acceptors (Lipinski definition) is 6. The van der Waals surface area contributed by atoms with E-state index in [9.17, 15) is 0 Å². The summed E-state index contributed by atoms with van der Waals surface area (Å²) in [5, 5.41) is 0. The van der Waals surface area contributed by atoms with E-state index in [1.165, 1.54) is 6.33 Å². The van der Waals surface area contributed by atoms with Crippen LogP contribution in [0.4, 0.5) is 11.6 Å². The molecular weight excluding hydrogens is 230 g/mol. The third-order valence-corrected chi connectivity index (χ3v) is 2.63. The number of pyridine rings is 1. The van der Waals surface area contributed by atoms with Gasteiger partial charge in [0, 0.05) is 6.20 Å². The predicted octanol–water partition coefficient (Wildman–Crippen LogP) is 0.434. The van der Waals surface area contributed by atoms with Gasteiger partial charge in [-0.15, -0.1) is 0 Å². The number of hydrogen-bond donors (Lipinski definition) is 2. The Hall–Kier alpha value is -2.70. The second-order valence-corrected chi connectivity index (χ2v) is 3.89. The zero-order chi connectivity index (χ0) is 12.5. The van der Waals surface area contributed by atoms with Crippen molar-refractivity contribution in [1.82, 2.24) is 24.5 Å². The van der Waals surface area contributed by atoms with E-state index in [4.69, 9.17) is 11.5 Å². The van der Waals surface area contributed by atoms with Crippen LogP contribution in [0.2, 0.25) is 0 Å². The topological polar surface area (TPSA) is 109 Å². The lowest BCUT2D eigenvalue weighted by molar-refractivity contribution is 0.809. The molecule has 0 saturated heterocycles. The van der Waals surface area contributed by atoms with Crippen molar-refractivity contribution in [3.8, 4) is 0 Å². The average Bonchev–Trinajstić information content (AvgIpc) is 2.77. The number of aromatic nitrogens is 5. The Morgan fingerprint density at radius 1 is 1.06 bits per heavy atom. The van der Waals surface area contributed by atoms with Crippen LogP contribution in [0.5, 0.6) is 0 Å². The fraction of sp³-hybridized carbons (Fsp3) is 0.0909. The van der Waals surface area contributed by atoms with E-state index in [2.05, 4.69) is 19.9 Å². The molecule has 7 nitrogen and oxygen atoms in total. The molecule has 7 heteroatoms. The van der Waals surface area contributed by atoms with Crippen molar-refractivity contribution < 1.29 is 0 Å². The molecule has 3 aromatic rings. The minimum absolute atomic E-state index is 0.384. The molecule has 0 spiro atoms. The van der Waals surface area contributed by atoms with E-state index in [0.29, 0.717) is 29.3 Å². The molecule has 0 saturated carbocycles. The lowest BCUT2D eigenvalue weighted by Crippen LogP contribution is -2.01. The minimum Gasteiger partial charge on any atom is -0.384 e. The van der Waals surface area contributed by atoms with Gasteiger partial charge in [0.2, 0.25) is 0 Å². The Labute approximate surface area is 103 Å². The summed E-state index contributed by atoms with van der Waals surface area (Å²) >= 11 is 0. The highest BCUT2D eigenvalue weighted by Gasteiger charge is 2.07. The first-order valence-corrected chi connectivity index (χ1v) is 5.36. The second-order valence-electron chi connectivity index (χ2n) is 3.89. The van der Waals surface area contributed by atoms with Crippen LogP contribution in [0.25, 0.3) is 11.2 Å². The first kappa shape index (κ1) is 10.5. The van der Waals surface area contributed by atoms with E-state index in [1.54, 1.807) is 18.6 Å². The summed E-state index contributed by atoms with van der Waals surface area (Å²) in [4.78, 5) is 16.3. The number of fused-ring (bicyclic) bond motifs is 1. The van der Waals surface area contributed by atoms with E-state index in [0.717, 1.165) is 5.56 Å². The van der Waals surface area contributed by atoms with Crippen LogP contribution in [0.15, 0.2) is 31.0 Å². The van der Waals surface area contributed by atoms with Gasteiger partial charge in [0.1, 0.15) is 17.7 Å². The second kappa shape index (κ2) is 3.95. The SMILES string of the molecule is Nc1ccc(Cn2cnc3c(N)ncnc32)cn1. The van der Waals surface area contributed by atoms with Crippen molar-refractivity contribution in [3.63, 3.8) is 0 Å². The zero-order valence-corrected chi connectivity index (χ0v) is 9.48. The lowest BCUT2D eigenvalue weighted by Gasteiger charge is -2.03. The minimum atomic E-state index is 0.384. The normalized spacial score (nSPS) is 10.9. The highest BCUT2D eigenvalue weighted by Crippen LogP contribution is 2.15. The van der Waals surface area contributed by atoms with Crippen LogP contribution < -0.4 is 11.5 Å². The Morgan fingerprint density at radius 3 is 2.72 bits per heavy atom. The average molecular weight is 241 g/mol.